The number of hydrogen-bond acceptors (Lipinski definition) is 5. The van der Waals surface area contributed by atoms with Gasteiger partial charge in [0.25, 0.3) is 0 Å². The summed E-state index contributed by atoms with van der Waals surface area (Å²) in [6, 6.07) is 29.7. The van der Waals surface area contributed by atoms with Crippen molar-refractivity contribution in [3.8, 4) is 23.6 Å². The summed E-state index contributed by atoms with van der Waals surface area (Å²) in [5, 5.41) is 17.5. The number of benzene rings is 4. The van der Waals surface area contributed by atoms with Gasteiger partial charge < -0.3 is 9.47 Å². The van der Waals surface area contributed by atoms with Crippen molar-refractivity contribution in [3.05, 3.63) is 123 Å². The van der Waals surface area contributed by atoms with Gasteiger partial charge in [0.05, 0.1) is 50.6 Å². The SMILES string of the molecule is COc1ccc(Br)c(CC#N)c1F.COc1ccc(N=C(c2ccccc2)c2ccccc2)c(CC#N)c1F. The zero-order valence-corrected chi connectivity index (χ0v) is 22.9. The predicted molar refractivity (Wildman–Crippen MR) is 150 cm³/mol. The Labute approximate surface area is 234 Å². The van der Waals surface area contributed by atoms with E-state index >= 15 is 0 Å². The molecule has 39 heavy (non-hydrogen) atoms. The molecule has 0 amide bonds. The second-order valence-corrected chi connectivity index (χ2v) is 8.84. The number of nitrogens with zero attached hydrogens (tertiary/aromatic N) is 3. The van der Waals surface area contributed by atoms with E-state index in [1.807, 2.05) is 72.8 Å². The van der Waals surface area contributed by atoms with Gasteiger partial charge in [0, 0.05) is 26.7 Å². The van der Waals surface area contributed by atoms with Gasteiger partial charge in [-0.25, -0.2) is 13.8 Å². The Morgan fingerprint density at radius 3 is 1.67 bits per heavy atom. The van der Waals surface area contributed by atoms with Gasteiger partial charge in [-0.05, 0) is 24.3 Å². The molecule has 0 aromatic heterocycles. The smallest absolute Gasteiger partial charge is 0.171 e. The first-order valence-electron chi connectivity index (χ1n) is 11.7. The van der Waals surface area contributed by atoms with Crippen molar-refractivity contribution in [2.75, 3.05) is 14.2 Å². The Hall–Kier alpha value is -4.53. The molecule has 4 aromatic rings. The Morgan fingerprint density at radius 2 is 1.18 bits per heavy atom. The number of nitriles is 2. The summed E-state index contributed by atoms with van der Waals surface area (Å²) in [5.74, 6) is -0.752. The zero-order chi connectivity index (χ0) is 28.2. The molecule has 0 aliphatic rings. The lowest BCUT2D eigenvalue weighted by molar-refractivity contribution is 0.384. The fourth-order valence-corrected chi connectivity index (χ4v) is 4.13. The van der Waals surface area contributed by atoms with Crippen LogP contribution in [0.15, 0.2) is 94.4 Å². The second-order valence-electron chi connectivity index (χ2n) is 7.98. The van der Waals surface area contributed by atoms with Crippen LogP contribution in [-0.2, 0) is 12.8 Å². The standard InChI is InChI=1S/C22H17FN2O.C9H7BrFNO/c1-26-20-13-12-19(18(14-15-24)21(20)23)25-22(16-8-4-2-5-9-16)17-10-6-3-7-11-17;1-13-8-3-2-7(10)6(4-5-12)9(8)11/h2-13H,14H2,1H3;2-3H,4H2,1H3. The maximum atomic E-state index is 14.6. The van der Waals surface area contributed by atoms with Gasteiger partial charge in [0.15, 0.2) is 23.1 Å². The highest BCUT2D eigenvalue weighted by Gasteiger charge is 2.16. The van der Waals surface area contributed by atoms with Crippen LogP contribution in [0.25, 0.3) is 0 Å². The van der Waals surface area contributed by atoms with Crippen molar-refractivity contribution in [3.63, 3.8) is 0 Å². The van der Waals surface area contributed by atoms with Crippen molar-refractivity contribution < 1.29 is 18.3 Å². The van der Waals surface area contributed by atoms with Crippen LogP contribution in [0, 0.1) is 34.3 Å². The third-order valence-corrected chi connectivity index (χ3v) is 6.35. The molecule has 0 aliphatic carbocycles. The minimum atomic E-state index is -0.546. The molecule has 8 heteroatoms. The van der Waals surface area contributed by atoms with E-state index in [9.17, 15) is 8.78 Å². The number of halogens is 3. The summed E-state index contributed by atoms with van der Waals surface area (Å²) >= 11 is 3.16. The highest BCUT2D eigenvalue weighted by atomic mass is 79.9. The quantitative estimate of drug-likeness (QED) is 0.207. The Morgan fingerprint density at radius 1 is 0.718 bits per heavy atom. The van der Waals surface area contributed by atoms with E-state index in [4.69, 9.17) is 25.0 Å². The molecule has 0 atom stereocenters. The number of aliphatic imine (C=N–C) groups is 1. The molecule has 5 nitrogen and oxygen atoms in total. The maximum Gasteiger partial charge on any atom is 0.171 e. The average molecular weight is 588 g/mol. The van der Waals surface area contributed by atoms with Crippen LogP contribution in [0.1, 0.15) is 22.3 Å². The van der Waals surface area contributed by atoms with Crippen molar-refractivity contribution >= 4 is 27.3 Å². The molecule has 0 N–H and O–H groups in total. The molecule has 196 valence electrons. The molecular weight excluding hydrogens is 564 g/mol. The zero-order valence-electron chi connectivity index (χ0n) is 21.3. The summed E-state index contributed by atoms with van der Waals surface area (Å²) in [4.78, 5) is 4.72. The Balaban J connectivity index is 0.000000272. The molecule has 0 unspecified atom stereocenters. The van der Waals surface area contributed by atoms with E-state index in [1.54, 1.807) is 12.1 Å². The van der Waals surface area contributed by atoms with Crippen LogP contribution in [0.3, 0.4) is 0 Å². The lowest BCUT2D eigenvalue weighted by Crippen LogP contribution is -2.04. The highest BCUT2D eigenvalue weighted by Crippen LogP contribution is 2.31. The van der Waals surface area contributed by atoms with Crippen LogP contribution >= 0.6 is 15.9 Å². The molecular formula is C31H24BrF2N3O2. The molecule has 4 rings (SSSR count). The molecule has 0 saturated heterocycles. The molecule has 0 spiro atoms. The minimum absolute atomic E-state index is 0.0314. The third kappa shape index (κ3) is 7.28. The maximum absolute atomic E-state index is 14.6. The Bertz CT molecular complexity index is 1490. The second kappa shape index (κ2) is 14.4. The molecule has 4 aromatic carbocycles. The topological polar surface area (TPSA) is 78.4 Å². The van der Waals surface area contributed by atoms with E-state index in [-0.39, 0.29) is 29.9 Å². The van der Waals surface area contributed by atoms with Gasteiger partial charge in [0.2, 0.25) is 0 Å². The summed E-state index contributed by atoms with van der Waals surface area (Å²) in [6.07, 6.45) is -0.0532. The highest BCUT2D eigenvalue weighted by molar-refractivity contribution is 9.10. The lowest BCUT2D eigenvalue weighted by atomic mass is 10.0. The average Bonchev–Trinajstić information content (AvgIpc) is 2.97. The lowest BCUT2D eigenvalue weighted by Gasteiger charge is -2.11. The van der Waals surface area contributed by atoms with Gasteiger partial charge in [-0.1, -0.05) is 76.6 Å². The van der Waals surface area contributed by atoms with E-state index in [2.05, 4.69) is 15.9 Å². The first-order valence-corrected chi connectivity index (χ1v) is 12.5. The fraction of sp³-hybridized carbons (Fsp3) is 0.129. The molecule has 0 radical (unpaired) electrons. The summed E-state index contributed by atoms with van der Waals surface area (Å²) < 4.78 is 38.4. The van der Waals surface area contributed by atoms with Gasteiger partial charge >= 0.3 is 0 Å². The minimum Gasteiger partial charge on any atom is -0.494 e. The summed E-state index contributed by atoms with van der Waals surface area (Å²) in [7, 11) is 2.79. The van der Waals surface area contributed by atoms with E-state index in [1.165, 1.54) is 26.4 Å². The van der Waals surface area contributed by atoms with E-state index in [0.717, 1.165) is 16.8 Å². The van der Waals surface area contributed by atoms with Crippen molar-refractivity contribution in [1.29, 1.82) is 10.5 Å². The number of hydrogen-bond donors (Lipinski definition) is 0. The van der Waals surface area contributed by atoms with Crippen LogP contribution in [0.2, 0.25) is 0 Å². The first kappa shape index (κ1) is 29.0. The molecule has 0 saturated carbocycles. The largest absolute Gasteiger partial charge is 0.494 e. The number of methoxy groups -OCH3 is 2. The monoisotopic (exact) mass is 587 g/mol. The van der Waals surface area contributed by atoms with Crippen molar-refractivity contribution in [1.82, 2.24) is 0 Å². The molecule has 0 bridgehead atoms. The predicted octanol–water partition coefficient (Wildman–Crippen LogP) is 7.73. The summed E-state index contributed by atoms with van der Waals surface area (Å²) in [5.41, 5.74) is 3.54. The van der Waals surface area contributed by atoms with Crippen LogP contribution in [-0.4, -0.2) is 19.9 Å². The van der Waals surface area contributed by atoms with Crippen molar-refractivity contribution in [2.24, 2.45) is 4.99 Å². The Kier molecular flexibility index (Phi) is 10.7. The van der Waals surface area contributed by atoms with Gasteiger partial charge in [0.1, 0.15) is 0 Å². The van der Waals surface area contributed by atoms with Gasteiger partial charge in [-0.2, -0.15) is 10.5 Å². The van der Waals surface area contributed by atoms with Gasteiger partial charge in [-0.3, -0.25) is 0 Å². The number of ether oxygens (including phenoxy) is 2. The van der Waals surface area contributed by atoms with Crippen LogP contribution < -0.4 is 9.47 Å². The first-order chi connectivity index (χ1) is 18.9. The molecule has 0 heterocycles. The van der Waals surface area contributed by atoms with Crippen LogP contribution in [0.5, 0.6) is 11.5 Å². The van der Waals surface area contributed by atoms with Crippen molar-refractivity contribution in [2.45, 2.75) is 12.8 Å². The van der Waals surface area contributed by atoms with E-state index in [0.29, 0.717) is 15.7 Å². The molecule has 0 aliphatic heterocycles. The number of rotatable bonds is 7. The van der Waals surface area contributed by atoms with Gasteiger partial charge in [-0.15, -0.1) is 0 Å². The van der Waals surface area contributed by atoms with E-state index < -0.39 is 11.6 Å². The summed E-state index contributed by atoms with van der Waals surface area (Å²) in [6.45, 7) is 0. The normalized spacial score (nSPS) is 9.82. The fourth-order valence-electron chi connectivity index (χ4n) is 3.68. The molecule has 0 fully saturated rings. The van der Waals surface area contributed by atoms with Crippen LogP contribution in [0.4, 0.5) is 14.5 Å². The third-order valence-electron chi connectivity index (χ3n) is 5.61.